The number of pyridine rings is 1. The number of unbranched alkanes of at least 4 members (excludes halogenated alkanes) is 3. The van der Waals surface area contributed by atoms with Gasteiger partial charge in [0, 0.05) is 11.8 Å². The van der Waals surface area contributed by atoms with E-state index in [2.05, 4.69) is 55.2 Å². The summed E-state index contributed by atoms with van der Waals surface area (Å²) in [5.74, 6) is 2.87. The van der Waals surface area contributed by atoms with Crippen molar-refractivity contribution < 1.29 is 4.74 Å². The van der Waals surface area contributed by atoms with Crippen LogP contribution in [0.1, 0.15) is 96.5 Å². The molecule has 0 saturated heterocycles. The average molecular weight is 422 g/mol. The molecule has 2 atom stereocenters. The lowest BCUT2D eigenvalue weighted by Crippen LogP contribution is -2.20. The van der Waals surface area contributed by atoms with Crippen LogP contribution in [-0.2, 0) is 6.42 Å². The van der Waals surface area contributed by atoms with Gasteiger partial charge in [-0.2, -0.15) is 0 Å². The Morgan fingerprint density at radius 1 is 0.806 bits per heavy atom. The maximum Gasteiger partial charge on any atom is 0.119 e. The zero-order chi connectivity index (χ0) is 21.7. The van der Waals surface area contributed by atoms with Gasteiger partial charge in [0.25, 0.3) is 0 Å². The van der Waals surface area contributed by atoms with E-state index < -0.39 is 0 Å². The molecule has 3 rings (SSSR count). The minimum atomic E-state index is 0.833. The maximum absolute atomic E-state index is 6.05. The summed E-state index contributed by atoms with van der Waals surface area (Å²) in [6.45, 7) is 5.42. The molecule has 1 aliphatic carbocycles. The van der Waals surface area contributed by atoms with Crippen LogP contribution in [0.2, 0.25) is 0 Å². The van der Waals surface area contributed by atoms with Gasteiger partial charge in [0.05, 0.1) is 12.3 Å². The van der Waals surface area contributed by atoms with E-state index in [1.54, 1.807) is 0 Å². The summed E-state index contributed by atoms with van der Waals surface area (Å²) in [5.41, 5.74) is 3.55. The summed E-state index contributed by atoms with van der Waals surface area (Å²) < 4.78 is 6.05. The highest BCUT2D eigenvalue weighted by molar-refractivity contribution is 5.60. The second kappa shape index (κ2) is 13.6. The van der Waals surface area contributed by atoms with Crippen molar-refractivity contribution >= 4 is 0 Å². The quantitative estimate of drug-likeness (QED) is 0.302. The van der Waals surface area contributed by atoms with Crippen molar-refractivity contribution in [2.75, 3.05) is 6.61 Å². The minimum Gasteiger partial charge on any atom is -0.494 e. The van der Waals surface area contributed by atoms with Crippen LogP contribution in [0.25, 0.3) is 11.3 Å². The molecule has 2 aromatic rings. The van der Waals surface area contributed by atoms with Crippen molar-refractivity contribution in [2.24, 2.45) is 11.8 Å². The Kier molecular flexibility index (Phi) is 10.4. The lowest BCUT2D eigenvalue weighted by molar-refractivity contribution is 0.193. The van der Waals surface area contributed by atoms with E-state index in [1.807, 2.05) is 6.20 Å². The predicted octanol–water partition coefficient (Wildman–Crippen LogP) is 8.64. The summed E-state index contributed by atoms with van der Waals surface area (Å²) in [4.78, 5) is 4.69. The van der Waals surface area contributed by atoms with Crippen molar-refractivity contribution in [3.8, 4) is 17.0 Å². The highest BCUT2D eigenvalue weighted by Crippen LogP contribution is 2.36. The fourth-order valence-corrected chi connectivity index (χ4v) is 5.17. The fraction of sp³-hybridized carbons (Fsp3) is 0.621. The second-order valence-electron chi connectivity index (χ2n) is 9.47. The highest BCUT2D eigenvalue weighted by atomic mass is 16.5. The van der Waals surface area contributed by atoms with Crippen molar-refractivity contribution in [2.45, 2.75) is 97.3 Å². The number of hydrogen-bond acceptors (Lipinski definition) is 2. The number of aryl methyl sites for hydroxylation is 1. The summed E-state index contributed by atoms with van der Waals surface area (Å²) >= 11 is 0. The van der Waals surface area contributed by atoms with Crippen LogP contribution >= 0.6 is 0 Å². The van der Waals surface area contributed by atoms with Crippen LogP contribution < -0.4 is 4.74 Å². The summed E-state index contributed by atoms with van der Waals surface area (Å²) in [5, 5.41) is 0. The molecule has 1 aliphatic rings. The van der Waals surface area contributed by atoms with Crippen LogP contribution in [-0.4, -0.2) is 11.6 Å². The topological polar surface area (TPSA) is 22.1 Å². The van der Waals surface area contributed by atoms with E-state index in [0.717, 1.165) is 41.9 Å². The van der Waals surface area contributed by atoms with E-state index >= 15 is 0 Å². The Labute approximate surface area is 190 Å². The highest BCUT2D eigenvalue weighted by Gasteiger charge is 2.23. The molecular weight excluding hydrogens is 378 g/mol. The van der Waals surface area contributed by atoms with E-state index in [4.69, 9.17) is 4.74 Å². The second-order valence-corrected chi connectivity index (χ2v) is 9.47. The van der Waals surface area contributed by atoms with Gasteiger partial charge in [-0.3, -0.25) is 4.98 Å². The van der Waals surface area contributed by atoms with Crippen molar-refractivity contribution in [1.82, 2.24) is 4.98 Å². The SMILES string of the molecule is CCCCCCc1ccc(-c2ccc(OCCCC3CCCCC3CCC)cc2)nc1. The number of rotatable bonds is 13. The molecule has 0 radical (unpaired) electrons. The molecule has 170 valence electrons. The molecule has 2 heteroatoms. The van der Waals surface area contributed by atoms with Gasteiger partial charge in [0.2, 0.25) is 0 Å². The Morgan fingerprint density at radius 2 is 1.58 bits per heavy atom. The van der Waals surface area contributed by atoms with Crippen LogP contribution in [0.5, 0.6) is 5.75 Å². The number of ether oxygens (including phenoxy) is 1. The van der Waals surface area contributed by atoms with Gasteiger partial charge in [-0.05, 0) is 73.4 Å². The monoisotopic (exact) mass is 421 g/mol. The average Bonchev–Trinajstić information content (AvgIpc) is 2.82. The largest absolute Gasteiger partial charge is 0.494 e. The maximum atomic E-state index is 6.05. The van der Waals surface area contributed by atoms with Crippen LogP contribution in [0.15, 0.2) is 42.6 Å². The third kappa shape index (κ3) is 7.98. The number of nitrogens with zero attached hydrogens (tertiary/aromatic N) is 1. The first-order chi connectivity index (χ1) is 15.3. The first-order valence-electron chi connectivity index (χ1n) is 13.0. The molecule has 2 nitrogen and oxygen atoms in total. The van der Waals surface area contributed by atoms with Gasteiger partial charge in [-0.15, -0.1) is 0 Å². The van der Waals surface area contributed by atoms with Gasteiger partial charge < -0.3 is 4.74 Å². The third-order valence-electron chi connectivity index (χ3n) is 7.01. The van der Waals surface area contributed by atoms with Gasteiger partial charge in [0.1, 0.15) is 5.75 Å². The van der Waals surface area contributed by atoms with Gasteiger partial charge in [0.15, 0.2) is 0 Å². The summed E-state index contributed by atoms with van der Waals surface area (Å²) in [7, 11) is 0. The molecule has 0 spiro atoms. The number of aromatic nitrogens is 1. The van der Waals surface area contributed by atoms with Crippen LogP contribution in [0, 0.1) is 11.8 Å². The molecule has 1 fully saturated rings. The van der Waals surface area contributed by atoms with Crippen molar-refractivity contribution in [3.05, 3.63) is 48.2 Å². The molecule has 1 saturated carbocycles. The van der Waals surface area contributed by atoms with Crippen molar-refractivity contribution in [3.63, 3.8) is 0 Å². The van der Waals surface area contributed by atoms with Gasteiger partial charge in [-0.25, -0.2) is 0 Å². The number of hydrogen-bond donors (Lipinski definition) is 0. The lowest BCUT2D eigenvalue weighted by atomic mass is 9.75. The predicted molar refractivity (Wildman–Crippen MR) is 133 cm³/mol. The molecule has 1 aromatic heterocycles. The first kappa shape index (κ1) is 23.8. The first-order valence-corrected chi connectivity index (χ1v) is 13.0. The van der Waals surface area contributed by atoms with Crippen LogP contribution in [0.3, 0.4) is 0 Å². The molecular formula is C29H43NO. The summed E-state index contributed by atoms with van der Waals surface area (Å²) in [6.07, 6.45) is 19.4. The molecule has 0 aliphatic heterocycles. The third-order valence-corrected chi connectivity index (χ3v) is 7.01. The van der Waals surface area contributed by atoms with Gasteiger partial charge >= 0.3 is 0 Å². The number of benzene rings is 1. The zero-order valence-electron chi connectivity index (χ0n) is 20.0. The van der Waals surface area contributed by atoms with Crippen molar-refractivity contribution in [1.29, 1.82) is 0 Å². The molecule has 31 heavy (non-hydrogen) atoms. The Bertz CT molecular complexity index is 719. The van der Waals surface area contributed by atoms with Gasteiger partial charge in [-0.1, -0.05) is 77.7 Å². The Morgan fingerprint density at radius 3 is 2.26 bits per heavy atom. The Balaban J connectivity index is 1.40. The normalized spacial score (nSPS) is 18.8. The Hall–Kier alpha value is -1.83. The van der Waals surface area contributed by atoms with E-state index in [1.165, 1.54) is 82.6 Å². The van der Waals surface area contributed by atoms with E-state index in [0.29, 0.717) is 0 Å². The fourth-order valence-electron chi connectivity index (χ4n) is 5.17. The lowest BCUT2D eigenvalue weighted by Gasteiger charge is -2.31. The minimum absolute atomic E-state index is 0.833. The molecule has 0 bridgehead atoms. The smallest absolute Gasteiger partial charge is 0.119 e. The molecule has 2 unspecified atom stereocenters. The zero-order valence-corrected chi connectivity index (χ0v) is 20.0. The molecule has 0 amide bonds. The van der Waals surface area contributed by atoms with E-state index in [9.17, 15) is 0 Å². The molecule has 0 N–H and O–H groups in total. The van der Waals surface area contributed by atoms with Crippen LogP contribution in [0.4, 0.5) is 0 Å². The molecule has 1 heterocycles. The van der Waals surface area contributed by atoms with E-state index in [-0.39, 0.29) is 0 Å². The standard InChI is InChI=1S/C29H43NO/c1-3-5-6-7-12-24-16-21-29(30-23-24)27-17-19-28(20-18-27)31-22-10-15-26-14-9-8-13-25(26)11-4-2/h16-21,23,25-26H,3-15,22H2,1-2H3. The molecule has 1 aromatic carbocycles. The summed E-state index contributed by atoms with van der Waals surface area (Å²) in [6, 6.07) is 12.8.